The lowest BCUT2D eigenvalue weighted by Crippen LogP contribution is -2.37. The molecule has 0 saturated carbocycles. The first kappa shape index (κ1) is 17.0. The lowest BCUT2D eigenvalue weighted by molar-refractivity contribution is -0.0318. The number of guanidine groups is 1. The van der Waals surface area contributed by atoms with E-state index in [1.54, 1.807) is 0 Å². The Morgan fingerprint density at radius 1 is 1.21 bits per heavy atom. The molecule has 0 spiro atoms. The van der Waals surface area contributed by atoms with Gasteiger partial charge in [-0.25, -0.2) is 0 Å². The average molecular weight is 333 g/mol. The number of hydrogen-bond donors (Lipinski definition) is 2. The Labute approximate surface area is 143 Å². The first-order valence-electron chi connectivity index (χ1n) is 8.80. The third kappa shape index (κ3) is 4.85. The molecule has 0 bridgehead atoms. The summed E-state index contributed by atoms with van der Waals surface area (Å²) >= 11 is 0. The summed E-state index contributed by atoms with van der Waals surface area (Å²) in [5.74, 6) is 1.42. The number of hydrogen-bond acceptors (Lipinski definition) is 4. The van der Waals surface area contributed by atoms with E-state index in [9.17, 15) is 0 Å². The number of nitrogens with one attached hydrogen (secondary N) is 1. The maximum atomic E-state index is 6.03. The lowest BCUT2D eigenvalue weighted by Gasteiger charge is -2.27. The largest absolute Gasteiger partial charge is 0.493 e. The van der Waals surface area contributed by atoms with Gasteiger partial charge in [0.1, 0.15) is 5.75 Å². The third-order valence-corrected chi connectivity index (χ3v) is 4.39. The molecule has 0 radical (unpaired) electrons. The number of benzene rings is 1. The highest BCUT2D eigenvalue weighted by atomic mass is 16.5. The van der Waals surface area contributed by atoms with Crippen LogP contribution in [-0.2, 0) is 9.47 Å². The molecule has 1 fully saturated rings. The van der Waals surface area contributed by atoms with Gasteiger partial charge in [-0.1, -0.05) is 18.2 Å². The van der Waals surface area contributed by atoms with Crippen molar-refractivity contribution < 1.29 is 14.2 Å². The molecule has 24 heavy (non-hydrogen) atoms. The Kier molecular flexibility index (Phi) is 6.32. The van der Waals surface area contributed by atoms with Gasteiger partial charge in [-0.2, -0.15) is 0 Å². The first-order valence-corrected chi connectivity index (χ1v) is 8.80. The standard InChI is InChI=1S/C18H27N3O3/c19-18(20-9-3-10-23-14-6-11-22-12-7-14)21-16-8-13-24-17-5-2-1-4-15(16)17/h1-2,4-5,14,16H,3,6-13H2,(H3,19,20,21). The highest BCUT2D eigenvalue weighted by Crippen LogP contribution is 2.31. The maximum Gasteiger partial charge on any atom is 0.189 e. The Morgan fingerprint density at radius 3 is 2.92 bits per heavy atom. The van der Waals surface area contributed by atoms with Crippen LogP contribution in [0.4, 0.5) is 0 Å². The molecule has 6 heteroatoms. The van der Waals surface area contributed by atoms with Crippen LogP contribution < -0.4 is 15.8 Å². The zero-order valence-corrected chi connectivity index (χ0v) is 14.1. The van der Waals surface area contributed by atoms with Crippen molar-refractivity contribution >= 4 is 5.96 Å². The molecule has 132 valence electrons. The van der Waals surface area contributed by atoms with Gasteiger partial charge in [0, 0.05) is 38.3 Å². The summed E-state index contributed by atoms with van der Waals surface area (Å²) in [6.07, 6.45) is 4.10. The van der Waals surface area contributed by atoms with Crippen molar-refractivity contribution in [3.63, 3.8) is 0 Å². The van der Waals surface area contributed by atoms with Crippen molar-refractivity contribution in [2.75, 3.05) is 33.0 Å². The topological polar surface area (TPSA) is 78.1 Å². The summed E-state index contributed by atoms with van der Waals surface area (Å²) in [6.45, 7) is 3.72. The molecule has 3 rings (SSSR count). The minimum atomic E-state index is 0.164. The third-order valence-electron chi connectivity index (χ3n) is 4.39. The second kappa shape index (κ2) is 8.89. The fourth-order valence-corrected chi connectivity index (χ4v) is 3.07. The van der Waals surface area contributed by atoms with Crippen LogP contribution in [0.3, 0.4) is 0 Å². The molecule has 1 unspecified atom stereocenters. The maximum absolute atomic E-state index is 6.03. The molecular formula is C18H27N3O3. The van der Waals surface area contributed by atoms with E-state index < -0.39 is 0 Å². The summed E-state index contributed by atoms with van der Waals surface area (Å²) in [4.78, 5) is 4.41. The van der Waals surface area contributed by atoms with Crippen molar-refractivity contribution in [2.45, 2.75) is 37.8 Å². The minimum Gasteiger partial charge on any atom is -0.493 e. The fourth-order valence-electron chi connectivity index (χ4n) is 3.07. The summed E-state index contributed by atoms with van der Waals surface area (Å²) in [5, 5.41) is 3.31. The predicted octanol–water partition coefficient (Wildman–Crippen LogP) is 2.00. The van der Waals surface area contributed by atoms with E-state index in [-0.39, 0.29) is 6.04 Å². The van der Waals surface area contributed by atoms with Crippen LogP contribution in [-0.4, -0.2) is 45.0 Å². The van der Waals surface area contributed by atoms with Crippen molar-refractivity contribution in [3.8, 4) is 5.75 Å². The van der Waals surface area contributed by atoms with Gasteiger partial charge in [0.05, 0.1) is 18.8 Å². The number of nitrogens with zero attached hydrogens (tertiary/aromatic N) is 1. The second-order valence-corrected chi connectivity index (χ2v) is 6.17. The zero-order valence-electron chi connectivity index (χ0n) is 14.1. The monoisotopic (exact) mass is 333 g/mol. The van der Waals surface area contributed by atoms with Gasteiger partial charge in [0.25, 0.3) is 0 Å². The summed E-state index contributed by atoms with van der Waals surface area (Å²) in [5.41, 5.74) is 7.17. The molecule has 3 N–H and O–H groups in total. The van der Waals surface area contributed by atoms with Gasteiger partial charge in [-0.3, -0.25) is 4.99 Å². The van der Waals surface area contributed by atoms with E-state index in [1.807, 2.05) is 18.2 Å². The van der Waals surface area contributed by atoms with Crippen LogP contribution in [0.1, 0.15) is 37.3 Å². The molecular weight excluding hydrogens is 306 g/mol. The Balaban J connectivity index is 1.39. The van der Waals surface area contributed by atoms with E-state index in [2.05, 4.69) is 16.4 Å². The quantitative estimate of drug-likeness (QED) is 0.473. The zero-order chi connectivity index (χ0) is 16.6. The van der Waals surface area contributed by atoms with Crippen LogP contribution in [0.15, 0.2) is 29.3 Å². The highest BCUT2D eigenvalue weighted by molar-refractivity contribution is 5.78. The molecule has 0 aliphatic carbocycles. The first-order chi connectivity index (χ1) is 11.8. The van der Waals surface area contributed by atoms with Gasteiger partial charge in [-0.05, 0) is 25.3 Å². The Bertz CT molecular complexity index is 544. The molecule has 0 amide bonds. The van der Waals surface area contributed by atoms with Crippen LogP contribution in [0, 0.1) is 0 Å². The molecule has 1 aromatic carbocycles. The van der Waals surface area contributed by atoms with E-state index in [0.717, 1.165) is 56.8 Å². The summed E-state index contributed by atoms with van der Waals surface area (Å²) in [6, 6.07) is 8.23. The average Bonchev–Trinajstić information content (AvgIpc) is 2.63. The Hall–Kier alpha value is -1.79. The van der Waals surface area contributed by atoms with Crippen molar-refractivity contribution in [1.82, 2.24) is 5.32 Å². The van der Waals surface area contributed by atoms with E-state index in [4.69, 9.17) is 19.9 Å². The lowest BCUT2D eigenvalue weighted by atomic mass is 10.0. The number of para-hydroxylation sites is 1. The van der Waals surface area contributed by atoms with Gasteiger partial charge in [-0.15, -0.1) is 0 Å². The minimum absolute atomic E-state index is 0.164. The normalized spacial score (nSPS) is 21.8. The predicted molar refractivity (Wildman–Crippen MR) is 93.3 cm³/mol. The number of nitrogens with two attached hydrogens (primary N) is 1. The Morgan fingerprint density at radius 2 is 2.04 bits per heavy atom. The number of ether oxygens (including phenoxy) is 3. The van der Waals surface area contributed by atoms with Crippen LogP contribution >= 0.6 is 0 Å². The van der Waals surface area contributed by atoms with E-state index >= 15 is 0 Å². The molecule has 1 atom stereocenters. The van der Waals surface area contributed by atoms with Crippen molar-refractivity contribution in [2.24, 2.45) is 10.7 Å². The molecule has 1 saturated heterocycles. The molecule has 2 aliphatic heterocycles. The smallest absolute Gasteiger partial charge is 0.189 e. The van der Waals surface area contributed by atoms with Crippen LogP contribution in [0.2, 0.25) is 0 Å². The number of fused-ring (bicyclic) bond motifs is 1. The highest BCUT2D eigenvalue weighted by Gasteiger charge is 2.21. The number of aliphatic imine (C=N–C) groups is 1. The summed E-state index contributed by atoms with van der Waals surface area (Å²) < 4.78 is 16.8. The molecule has 0 aromatic heterocycles. The molecule has 1 aromatic rings. The van der Waals surface area contributed by atoms with E-state index in [1.165, 1.54) is 0 Å². The van der Waals surface area contributed by atoms with Gasteiger partial charge in [0.2, 0.25) is 0 Å². The van der Waals surface area contributed by atoms with Crippen LogP contribution in [0.25, 0.3) is 0 Å². The van der Waals surface area contributed by atoms with Gasteiger partial charge < -0.3 is 25.3 Å². The fraction of sp³-hybridized carbons (Fsp3) is 0.611. The molecule has 2 heterocycles. The number of rotatable bonds is 6. The van der Waals surface area contributed by atoms with E-state index in [0.29, 0.717) is 25.2 Å². The van der Waals surface area contributed by atoms with Gasteiger partial charge >= 0.3 is 0 Å². The van der Waals surface area contributed by atoms with Crippen molar-refractivity contribution in [3.05, 3.63) is 29.8 Å². The van der Waals surface area contributed by atoms with Crippen molar-refractivity contribution in [1.29, 1.82) is 0 Å². The van der Waals surface area contributed by atoms with Gasteiger partial charge in [0.15, 0.2) is 5.96 Å². The molecule has 6 nitrogen and oxygen atoms in total. The SMILES string of the molecule is NC(=NCCCOC1CCOCC1)NC1CCOc2ccccc21. The second-order valence-electron chi connectivity index (χ2n) is 6.17. The molecule has 2 aliphatic rings. The summed E-state index contributed by atoms with van der Waals surface area (Å²) in [7, 11) is 0. The van der Waals surface area contributed by atoms with Crippen LogP contribution in [0.5, 0.6) is 5.75 Å².